The minimum absolute atomic E-state index is 0.998. The second kappa shape index (κ2) is 4.91. The highest BCUT2D eigenvalue weighted by Crippen LogP contribution is 2.33. The number of pyridine rings is 1. The third-order valence-corrected chi connectivity index (χ3v) is 3.71. The Labute approximate surface area is 123 Å². The van der Waals surface area contributed by atoms with Gasteiger partial charge in [-0.1, -0.05) is 48.5 Å². The molecule has 2 heteroatoms. The van der Waals surface area contributed by atoms with Crippen LogP contribution in [0, 0.1) is 0 Å². The van der Waals surface area contributed by atoms with Crippen LogP contribution in [0.1, 0.15) is 0 Å². The second-order valence-electron chi connectivity index (χ2n) is 5.06. The minimum atomic E-state index is 0.998. The Kier molecular flexibility index (Phi) is 2.79. The van der Waals surface area contributed by atoms with Crippen LogP contribution in [0.5, 0.6) is 0 Å². The molecular weight excluding hydrogens is 256 g/mol. The van der Waals surface area contributed by atoms with Crippen molar-refractivity contribution in [2.75, 3.05) is 5.32 Å². The highest BCUT2D eigenvalue weighted by Gasteiger charge is 2.06. The van der Waals surface area contributed by atoms with Gasteiger partial charge in [0, 0.05) is 17.3 Å². The van der Waals surface area contributed by atoms with Crippen LogP contribution in [0.3, 0.4) is 0 Å². The van der Waals surface area contributed by atoms with Crippen molar-refractivity contribution in [1.82, 2.24) is 4.98 Å². The lowest BCUT2D eigenvalue weighted by atomic mass is 10.0. The van der Waals surface area contributed by atoms with Crippen molar-refractivity contribution in [3.63, 3.8) is 0 Å². The maximum absolute atomic E-state index is 4.16. The summed E-state index contributed by atoms with van der Waals surface area (Å²) >= 11 is 0. The average Bonchev–Trinajstić information content (AvgIpc) is 2.56. The van der Waals surface area contributed by atoms with Crippen LogP contribution in [0.25, 0.3) is 21.5 Å². The van der Waals surface area contributed by atoms with Crippen LogP contribution in [0.15, 0.2) is 79.1 Å². The number of nitrogens with one attached hydrogen (secondary N) is 1. The zero-order chi connectivity index (χ0) is 14.1. The topological polar surface area (TPSA) is 24.9 Å². The van der Waals surface area contributed by atoms with Crippen molar-refractivity contribution in [2.24, 2.45) is 0 Å². The van der Waals surface area contributed by atoms with E-state index in [1.54, 1.807) is 6.20 Å². The molecular formula is C19H14N2. The first-order chi connectivity index (χ1) is 10.4. The molecule has 4 rings (SSSR count). The quantitative estimate of drug-likeness (QED) is 0.511. The van der Waals surface area contributed by atoms with E-state index in [-0.39, 0.29) is 0 Å². The molecule has 21 heavy (non-hydrogen) atoms. The van der Waals surface area contributed by atoms with Gasteiger partial charge in [0.1, 0.15) is 0 Å². The Balaban J connectivity index is 1.98. The second-order valence-corrected chi connectivity index (χ2v) is 5.06. The van der Waals surface area contributed by atoms with E-state index < -0.39 is 0 Å². The normalized spacial score (nSPS) is 10.9. The molecule has 0 saturated heterocycles. The van der Waals surface area contributed by atoms with Gasteiger partial charge in [-0.25, -0.2) is 0 Å². The number of hydrogen-bond acceptors (Lipinski definition) is 2. The zero-order valence-electron chi connectivity index (χ0n) is 11.5. The Morgan fingerprint density at radius 2 is 1.48 bits per heavy atom. The van der Waals surface area contributed by atoms with Crippen LogP contribution in [0.4, 0.5) is 11.4 Å². The number of hydrogen-bond donors (Lipinski definition) is 1. The molecule has 0 bridgehead atoms. The molecule has 100 valence electrons. The number of nitrogens with zero attached hydrogens (tertiary/aromatic N) is 1. The van der Waals surface area contributed by atoms with Crippen molar-refractivity contribution in [3.05, 3.63) is 79.1 Å². The van der Waals surface area contributed by atoms with Crippen molar-refractivity contribution >= 4 is 32.9 Å². The van der Waals surface area contributed by atoms with Gasteiger partial charge >= 0.3 is 0 Å². The fourth-order valence-electron chi connectivity index (χ4n) is 2.75. The van der Waals surface area contributed by atoms with Crippen molar-refractivity contribution in [3.8, 4) is 0 Å². The van der Waals surface area contributed by atoms with Gasteiger partial charge < -0.3 is 5.32 Å². The molecule has 0 atom stereocenters. The van der Waals surface area contributed by atoms with Crippen molar-refractivity contribution < 1.29 is 0 Å². The lowest BCUT2D eigenvalue weighted by Gasteiger charge is -2.12. The monoisotopic (exact) mass is 270 g/mol. The molecule has 4 aromatic rings. The molecule has 0 aliphatic rings. The molecule has 3 aromatic carbocycles. The lowest BCUT2D eigenvalue weighted by Crippen LogP contribution is -1.92. The van der Waals surface area contributed by atoms with Gasteiger partial charge in [0.2, 0.25) is 0 Å². The smallest absolute Gasteiger partial charge is 0.0570 e. The molecule has 2 nitrogen and oxygen atoms in total. The van der Waals surface area contributed by atoms with E-state index in [1.807, 2.05) is 18.3 Å². The van der Waals surface area contributed by atoms with Crippen LogP contribution in [-0.4, -0.2) is 4.98 Å². The molecule has 0 aliphatic carbocycles. The average molecular weight is 270 g/mol. The predicted molar refractivity (Wildman–Crippen MR) is 89.0 cm³/mol. The van der Waals surface area contributed by atoms with E-state index in [0.29, 0.717) is 0 Å². The van der Waals surface area contributed by atoms with E-state index in [2.05, 4.69) is 64.9 Å². The summed E-state index contributed by atoms with van der Waals surface area (Å²) in [7, 11) is 0. The first kappa shape index (κ1) is 11.9. The van der Waals surface area contributed by atoms with Crippen LogP contribution in [0.2, 0.25) is 0 Å². The van der Waals surface area contributed by atoms with Crippen LogP contribution < -0.4 is 5.32 Å². The Hall–Kier alpha value is -2.87. The zero-order valence-corrected chi connectivity index (χ0v) is 11.5. The molecule has 0 spiro atoms. The molecule has 1 heterocycles. The summed E-state index contributed by atoms with van der Waals surface area (Å²) in [6.07, 6.45) is 3.62. The van der Waals surface area contributed by atoms with Gasteiger partial charge in [0.15, 0.2) is 0 Å². The highest BCUT2D eigenvalue weighted by molar-refractivity contribution is 6.13. The maximum atomic E-state index is 4.16. The molecule has 0 fully saturated rings. The molecule has 0 unspecified atom stereocenters. The van der Waals surface area contributed by atoms with Crippen molar-refractivity contribution in [2.45, 2.75) is 0 Å². The summed E-state index contributed by atoms with van der Waals surface area (Å²) in [5.74, 6) is 0. The third kappa shape index (κ3) is 2.11. The minimum Gasteiger partial charge on any atom is -0.354 e. The van der Waals surface area contributed by atoms with E-state index in [0.717, 1.165) is 11.4 Å². The summed E-state index contributed by atoms with van der Waals surface area (Å²) in [5.41, 5.74) is 2.11. The first-order valence-electron chi connectivity index (χ1n) is 6.99. The molecule has 1 N–H and O–H groups in total. The third-order valence-electron chi connectivity index (χ3n) is 3.71. The number of rotatable bonds is 2. The summed E-state index contributed by atoms with van der Waals surface area (Å²) in [5, 5.41) is 8.49. The number of fused-ring (bicyclic) bond motifs is 3. The van der Waals surface area contributed by atoms with Gasteiger partial charge in [-0.2, -0.15) is 0 Å². The van der Waals surface area contributed by atoms with E-state index in [9.17, 15) is 0 Å². The van der Waals surface area contributed by atoms with Gasteiger partial charge in [-0.15, -0.1) is 0 Å². The Morgan fingerprint density at radius 1 is 0.714 bits per heavy atom. The predicted octanol–water partition coefficient (Wildman–Crippen LogP) is 5.13. The fourth-order valence-corrected chi connectivity index (χ4v) is 2.75. The molecule has 1 aromatic heterocycles. The molecule has 0 amide bonds. The van der Waals surface area contributed by atoms with Gasteiger partial charge in [-0.05, 0) is 34.4 Å². The standard InChI is InChI=1S/C19H14N2/c1-2-8-16-14(6-1)12-19(18-10-4-3-9-17(16)18)21-15-7-5-11-20-13-15/h1-13,21H. The van der Waals surface area contributed by atoms with E-state index >= 15 is 0 Å². The number of anilines is 2. The molecule has 0 radical (unpaired) electrons. The first-order valence-corrected chi connectivity index (χ1v) is 6.99. The lowest BCUT2D eigenvalue weighted by molar-refractivity contribution is 1.32. The largest absolute Gasteiger partial charge is 0.354 e. The van der Waals surface area contributed by atoms with Gasteiger partial charge in [0.25, 0.3) is 0 Å². The van der Waals surface area contributed by atoms with Crippen molar-refractivity contribution in [1.29, 1.82) is 0 Å². The van der Waals surface area contributed by atoms with Crippen LogP contribution in [-0.2, 0) is 0 Å². The fraction of sp³-hybridized carbons (Fsp3) is 0. The Bertz CT molecular complexity index is 914. The van der Waals surface area contributed by atoms with Gasteiger partial charge in [0.05, 0.1) is 11.9 Å². The van der Waals surface area contributed by atoms with Crippen LogP contribution >= 0.6 is 0 Å². The number of aromatic nitrogens is 1. The SMILES string of the molecule is c1cncc(Nc2cc3ccccc3c3ccccc23)c1. The summed E-state index contributed by atoms with van der Waals surface area (Å²) in [4.78, 5) is 4.16. The summed E-state index contributed by atoms with van der Waals surface area (Å²) in [6.45, 7) is 0. The Morgan fingerprint density at radius 3 is 2.29 bits per heavy atom. The van der Waals surface area contributed by atoms with Gasteiger partial charge in [-0.3, -0.25) is 4.98 Å². The molecule has 0 saturated carbocycles. The summed E-state index contributed by atoms with van der Waals surface area (Å²) < 4.78 is 0. The van der Waals surface area contributed by atoms with E-state index in [1.165, 1.54) is 21.5 Å². The maximum Gasteiger partial charge on any atom is 0.0570 e. The van der Waals surface area contributed by atoms with E-state index in [4.69, 9.17) is 0 Å². The number of benzene rings is 3. The highest BCUT2D eigenvalue weighted by atomic mass is 14.9. The summed E-state index contributed by atoms with van der Waals surface area (Å²) in [6, 6.07) is 23.1. The molecule has 0 aliphatic heterocycles.